The molecular weight excluding hydrogens is 250 g/mol. The molecule has 0 fully saturated rings. The van der Waals surface area contributed by atoms with E-state index in [1.807, 2.05) is 6.92 Å². The molecule has 1 aliphatic carbocycles. The van der Waals surface area contributed by atoms with Crippen molar-refractivity contribution in [3.63, 3.8) is 0 Å². The first-order chi connectivity index (χ1) is 9.52. The molecule has 1 aliphatic rings. The molecule has 110 valence electrons. The largest absolute Gasteiger partial charge is 0.383 e. The highest BCUT2D eigenvalue weighted by Crippen LogP contribution is 2.36. The van der Waals surface area contributed by atoms with Crippen LogP contribution in [-0.2, 0) is 17.6 Å². The second-order valence-electron chi connectivity index (χ2n) is 6.14. The summed E-state index contributed by atoms with van der Waals surface area (Å²) in [6.45, 7) is 5.68. The van der Waals surface area contributed by atoms with Gasteiger partial charge in [0.15, 0.2) is 5.96 Å². The molecule has 20 heavy (non-hydrogen) atoms. The highest BCUT2D eigenvalue weighted by Gasteiger charge is 2.32. The van der Waals surface area contributed by atoms with Gasteiger partial charge in [-0.2, -0.15) is 0 Å². The van der Waals surface area contributed by atoms with E-state index in [-0.39, 0.29) is 11.5 Å². The van der Waals surface area contributed by atoms with Crippen LogP contribution in [0, 0.1) is 5.41 Å². The minimum Gasteiger partial charge on any atom is -0.383 e. The van der Waals surface area contributed by atoms with Gasteiger partial charge in [-0.1, -0.05) is 31.2 Å². The van der Waals surface area contributed by atoms with E-state index in [0.717, 1.165) is 19.4 Å². The van der Waals surface area contributed by atoms with Crippen molar-refractivity contribution in [2.75, 3.05) is 20.3 Å². The lowest BCUT2D eigenvalue weighted by Gasteiger charge is -2.21. The van der Waals surface area contributed by atoms with Gasteiger partial charge < -0.3 is 15.8 Å². The molecule has 1 aromatic rings. The van der Waals surface area contributed by atoms with Crippen LogP contribution in [0.3, 0.4) is 0 Å². The van der Waals surface area contributed by atoms with Gasteiger partial charge in [0.2, 0.25) is 0 Å². The van der Waals surface area contributed by atoms with E-state index < -0.39 is 0 Å². The third kappa shape index (κ3) is 3.73. The van der Waals surface area contributed by atoms with E-state index >= 15 is 0 Å². The van der Waals surface area contributed by atoms with Crippen LogP contribution in [0.2, 0.25) is 0 Å². The van der Waals surface area contributed by atoms with Gasteiger partial charge in [-0.25, -0.2) is 0 Å². The molecule has 4 nitrogen and oxygen atoms in total. The van der Waals surface area contributed by atoms with Gasteiger partial charge in [0, 0.05) is 19.7 Å². The van der Waals surface area contributed by atoms with Crippen LogP contribution < -0.4 is 11.1 Å². The fraction of sp³-hybridized carbons (Fsp3) is 0.562. The van der Waals surface area contributed by atoms with Crippen LogP contribution in [0.25, 0.3) is 0 Å². The molecule has 0 radical (unpaired) electrons. The summed E-state index contributed by atoms with van der Waals surface area (Å²) in [5.74, 6) is 0.506. The van der Waals surface area contributed by atoms with Crippen molar-refractivity contribution in [1.29, 1.82) is 0 Å². The topological polar surface area (TPSA) is 59.6 Å². The Balaban J connectivity index is 1.91. The zero-order valence-corrected chi connectivity index (χ0v) is 12.6. The maximum absolute atomic E-state index is 5.93. The minimum atomic E-state index is 0.178. The summed E-state index contributed by atoms with van der Waals surface area (Å²) in [6, 6.07) is 8.82. The van der Waals surface area contributed by atoms with Crippen LogP contribution >= 0.6 is 0 Å². The van der Waals surface area contributed by atoms with Crippen LogP contribution in [0.4, 0.5) is 0 Å². The number of ether oxygens (including phenoxy) is 1. The Hall–Kier alpha value is -1.55. The van der Waals surface area contributed by atoms with Gasteiger partial charge in [-0.3, -0.25) is 4.99 Å². The number of nitrogens with zero attached hydrogens (tertiary/aromatic N) is 1. The van der Waals surface area contributed by atoms with Crippen LogP contribution in [-0.4, -0.2) is 32.3 Å². The normalized spacial score (nSPS) is 18.6. The number of rotatable bonds is 5. The molecule has 0 spiro atoms. The predicted octanol–water partition coefficient (Wildman–Crippen LogP) is 1.73. The summed E-state index contributed by atoms with van der Waals surface area (Å²) < 4.78 is 5.07. The number of nitrogens with two attached hydrogens (primary N) is 1. The molecule has 0 bridgehead atoms. The van der Waals surface area contributed by atoms with Crippen molar-refractivity contribution >= 4 is 5.96 Å². The van der Waals surface area contributed by atoms with Crippen molar-refractivity contribution in [2.24, 2.45) is 16.1 Å². The van der Waals surface area contributed by atoms with E-state index in [0.29, 0.717) is 12.6 Å². The van der Waals surface area contributed by atoms with Crippen molar-refractivity contribution in [2.45, 2.75) is 32.7 Å². The van der Waals surface area contributed by atoms with E-state index in [4.69, 9.17) is 10.5 Å². The van der Waals surface area contributed by atoms with Crippen LogP contribution in [0.15, 0.2) is 29.3 Å². The first kappa shape index (κ1) is 14.9. The smallest absolute Gasteiger partial charge is 0.188 e. The van der Waals surface area contributed by atoms with E-state index in [1.54, 1.807) is 7.11 Å². The summed E-state index contributed by atoms with van der Waals surface area (Å²) in [5, 5.41) is 3.15. The molecule has 1 atom stereocenters. The molecule has 4 heteroatoms. The maximum atomic E-state index is 5.93. The molecule has 3 N–H and O–H groups in total. The number of hydrogen-bond acceptors (Lipinski definition) is 2. The third-order valence-corrected chi connectivity index (χ3v) is 3.79. The quantitative estimate of drug-likeness (QED) is 0.635. The lowest BCUT2D eigenvalue weighted by atomic mass is 9.87. The Labute approximate surface area is 121 Å². The van der Waals surface area contributed by atoms with Gasteiger partial charge in [0.25, 0.3) is 0 Å². The lowest BCUT2D eigenvalue weighted by Crippen LogP contribution is -2.41. The number of methoxy groups -OCH3 is 1. The molecule has 0 heterocycles. The Bertz CT molecular complexity index is 459. The Kier molecular flexibility index (Phi) is 4.65. The average Bonchev–Trinajstić information content (AvgIpc) is 2.73. The molecule has 0 aromatic heterocycles. The number of benzene rings is 1. The highest BCUT2D eigenvalue weighted by molar-refractivity contribution is 5.78. The van der Waals surface area contributed by atoms with E-state index in [9.17, 15) is 0 Å². The molecule has 1 unspecified atom stereocenters. The predicted molar refractivity (Wildman–Crippen MR) is 82.9 cm³/mol. The average molecular weight is 275 g/mol. The summed E-state index contributed by atoms with van der Waals surface area (Å²) in [6.07, 6.45) is 2.15. The molecule has 0 saturated carbocycles. The van der Waals surface area contributed by atoms with Gasteiger partial charge in [-0.05, 0) is 36.3 Å². The maximum Gasteiger partial charge on any atom is 0.188 e. The highest BCUT2D eigenvalue weighted by atomic mass is 16.5. The molecule has 0 amide bonds. The SMILES string of the molecule is COCC(C)NC(N)=NCC1(C)Cc2ccccc2C1. The number of aliphatic imine (C=N–C) groups is 1. The van der Waals surface area contributed by atoms with Gasteiger partial charge in [0.05, 0.1) is 6.61 Å². The number of hydrogen-bond donors (Lipinski definition) is 2. The zero-order chi connectivity index (χ0) is 14.6. The van der Waals surface area contributed by atoms with Gasteiger partial charge in [-0.15, -0.1) is 0 Å². The molecule has 1 aromatic carbocycles. The van der Waals surface area contributed by atoms with E-state index in [1.165, 1.54) is 11.1 Å². The third-order valence-electron chi connectivity index (χ3n) is 3.79. The summed E-state index contributed by atoms with van der Waals surface area (Å²) in [7, 11) is 1.68. The first-order valence-electron chi connectivity index (χ1n) is 7.14. The monoisotopic (exact) mass is 275 g/mol. The van der Waals surface area contributed by atoms with Crippen molar-refractivity contribution in [1.82, 2.24) is 5.32 Å². The van der Waals surface area contributed by atoms with Gasteiger partial charge in [0.1, 0.15) is 0 Å². The van der Waals surface area contributed by atoms with Crippen molar-refractivity contribution < 1.29 is 4.74 Å². The Morgan fingerprint density at radius 1 is 1.40 bits per heavy atom. The number of guanidine groups is 1. The fourth-order valence-electron chi connectivity index (χ4n) is 2.86. The Morgan fingerprint density at radius 2 is 2.00 bits per heavy atom. The standard InChI is InChI=1S/C16H25N3O/c1-12(10-20-3)19-15(17)18-11-16(2)8-13-6-4-5-7-14(13)9-16/h4-7,12H,8-11H2,1-3H3,(H3,17,18,19). The van der Waals surface area contributed by atoms with Gasteiger partial charge >= 0.3 is 0 Å². The summed E-state index contributed by atoms with van der Waals surface area (Å²) in [5.41, 5.74) is 9.01. The van der Waals surface area contributed by atoms with Crippen molar-refractivity contribution in [3.05, 3.63) is 35.4 Å². The second-order valence-corrected chi connectivity index (χ2v) is 6.14. The second kappa shape index (κ2) is 6.27. The molecule has 0 saturated heterocycles. The molecule has 0 aliphatic heterocycles. The fourth-order valence-corrected chi connectivity index (χ4v) is 2.86. The van der Waals surface area contributed by atoms with Crippen LogP contribution in [0.1, 0.15) is 25.0 Å². The van der Waals surface area contributed by atoms with Crippen LogP contribution in [0.5, 0.6) is 0 Å². The van der Waals surface area contributed by atoms with E-state index in [2.05, 4.69) is 41.5 Å². The Morgan fingerprint density at radius 3 is 2.55 bits per heavy atom. The summed E-state index contributed by atoms with van der Waals surface area (Å²) >= 11 is 0. The number of fused-ring (bicyclic) bond motifs is 1. The minimum absolute atomic E-state index is 0.178. The molecular formula is C16H25N3O. The van der Waals surface area contributed by atoms with Crippen molar-refractivity contribution in [3.8, 4) is 0 Å². The zero-order valence-electron chi connectivity index (χ0n) is 12.6. The first-order valence-corrected chi connectivity index (χ1v) is 7.14. The summed E-state index contributed by atoms with van der Waals surface area (Å²) in [4.78, 5) is 4.51. The number of nitrogens with one attached hydrogen (secondary N) is 1. The molecule has 2 rings (SSSR count). The lowest BCUT2D eigenvalue weighted by molar-refractivity contribution is 0.179.